The van der Waals surface area contributed by atoms with Crippen LogP contribution in [0.15, 0.2) is 24.3 Å². The predicted molar refractivity (Wildman–Crippen MR) is 87.5 cm³/mol. The van der Waals surface area contributed by atoms with E-state index in [1.165, 1.54) is 26.7 Å². The molecule has 0 saturated heterocycles. The highest BCUT2D eigenvalue weighted by molar-refractivity contribution is 7.11. The minimum atomic E-state index is 0.952. The molecule has 2 rings (SSSR count). The second-order valence-electron chi connectivity index (χ2n) is 5.17. The highest BCUT2D eigenvalue weighted by atomic mass is 32.1. The molecule has 0 aliphatic carbocycles. The second-order valence-corrected chi connectivity index (χ2v) is 6.34. The highest BCUT2D eigenvalue weighted by Crippen LogP contribution is 2.22. The van der Waals surface area contributed by atoms with Gasteiger partial charge in [0.1, 0.15) is 0 Å². The van der Waals surface area contributed by atoms with Gasteiger partial charge in [0, 0.05) is 17.8 Å². The van der Waals surface area contributed by atoms with Gasteiger partial charge in [-0.1, -0.05) is 50.1 Å². The van der Waals surface area contributed by atoms with E-state index in [0.29, 0.717) is 0 Å². The van der Waals surface area contributed by atoms with Gasteiger partial charge < -0.3 is 5.32 Å². The average Bonchev–Trinajstić information content (AvgIpc) is 2.81. The van der Waals surface area contributed by atoms with Crippen LogP contribution in [0.25, 0.3) is 0 Å². The maximum Gasteiger partial charge on any atom is 0.0975 e. The Bertz CT molecular complexity index is 528. The fourth-order valence-electron chi connectivity index (χ4n) is 2.20. The monoisotopic (exact) mass is 288 g/mol. The molecule has 1 aromatic carbocycles. The maximum atomic E-state index is 4.85. The molecule has 2 aromatic rings. The van der Waals surface area contributed by atoms with Gasteiger partial charge in [-0.2, -0.15) is 0 Å². The number of hydrogen-bond donors (Lipinski definition) is 1. The lowest BCUT2D eigenvalue weighted by molar-refractivity contribution is 0.723. The Labute approximate surface area is 126 Å². The molecule has 1 aromatic heterocycles. The molecular weight excluding hydrogens is 264 g/mol. The lowest BCUT2D eigenvalue weighted by Gasteiger charge is -2.00. The summed E-state index contributed by atoms with van der Waals surface area (Å²) in [6.07, 6.45) is 3.20. The molecule has 0 atom stereocenters. The van der Waals surface area contributed by atoms with Crippen LogP contribution in [-0.2, 0) is 19.4 Å². The summed E-state index contributed by atoms with van der Waals surface area (Å²) in [5.74, 6) is 0. The molecular formula is C17H24N2S. The molecule has 1 heterocycles. The molecule has 3 heteroatoms. The fraction of sp³-hybridized carbons (Fsp3) is 0.471. The molecule has 108 valence electrons. The van der Waals surface area contributed by atoms with E-state index in [1.54, 1.807) is 0 Å². The summed E-state index contributed by atoms with van der Waals surface area (Å²) in [6, 6.07) is 8.77. The van der Waals surface area contributed by atoms with Crippen molar-refractivity contribution in [3.05, 3.63) is 51.0 Å². The van der Waals surface area contributed by atoms with Crippen LogP contribution in [0.4, 0.5) is 0 Å². The van der Waals surface area contributed by atoms with Crippen molar-refractivity contribution in [1.29, 1.82) is 0 Å². The Balaban J connectivity index is 2.12. The van der Waals surface area contributed by atoms with E-state index in [4.69, 9.17) is 4.98 Å². The van der Waals surface area contributed by atoms with Gasteiger partial charge in [0.05, 0.1) is 10.7 Å². The van der Waals surface area contributed by atoms with Gasteiger partial charge in [0.2, 0.25) is 0 Å². The van der Waals surface area contributed by atoms with Gasteiger partial charge in [-0.25, -0.2) is 4.98 Å². The van der Waals surface area contributed by atoms with Gasteiger partial charge in [-0.05, 0) is 25.5 Å². The standard InChI is InChI=1S/C17H24N2S/c1-4-6-15-16(12-18-5-2)20-17(19-15)11-14-9-7-13(3)8-10-14/h7-10,18H,4-6,11-12H2,1-3H3. The van der Waals surface area contributed by atoms with Gasteiger partial charge >= 0.3 is 0 Å². The van der Waals surface area contributed by atoms with E-state index in [-0.39, 0.29) is 0 Å². The summed E-state index contributed by atoms with van der Waals surface area (Å²) in [7, 11) is 0. The van der Waals surface area contributed by atoms with Crippen molar-refractivity contribution in [1.82, 2.24) is 10.3 Å². The fourth-order valence-corrected chi connectivity index (χ4v) is 3.32. The molecule has 2 nitrogen and oxygen atoms in total. The number of nitrogens with zero attached hydrogens (tertiary/aromatic N) is 1. The Hall–Kier alpha value is -1.19. The number of rotatable bonds is 7. The van der Waals surface area contributed by atoms with E-state index in [1.807, 2.05) is 11.3 Å². The first-order valence-corrected chi connectivity index (χ1v) is 8.28. The van der Waals surface area contributed by atoms with E-state index < -0.39 is 0 Å². The molecule has 0 fully saturated rings. The zero-order valence-electron chi connectivity index (χ0n) is 12.7. The highest BCUT2D eigenvalue weighted by Gasteiger charge is 2.10. The first-order valence-electron chi connectivity index (χ1n) is 7.46. The number of hydrogen-bond acceptors (Lipinski definition) is 3. The van der Waals surface area contributed by atoms with Crippen molar-refractivity contribution in [2.45, 2.75) is 46.6 Å². The Morgan fingerprint density at radius 1 is 1.15 bits per heavy atom. The minimum Gasteiger partial charge on any atom is -0.312 e. The summed E-state index contributed by atoms with van der Waals surface area (Å²) >= 11 is 1.86. The van der Waals surface area contributed by atoms with Crippen molar-refractivity contribution < 1.29 is 0 Å². The average molecular weight is 288 g/mol. The normalized spacial score (nSPS) is 10.9. The summed E-state index contributed by atoms with van der Waals surface area (Å²) < 4.78 is 0. The first kappa shape index (κ1) is 15.2. The van der Waals surface area contributed by atoms with E-state index in [2.05, 4.69) is 50.4 Å². The van der Waals surface area contributed by atoms with Crippen LogP contribution < -0.4 is 5.32 Å². The molecule has 0 saturated carbocycles. The van der Waals surface area contributed by atoms with Crippen molar-refractivity contribution in [3.63, 3.8) is 0 Å². The molecule has 1 N–H and O–H groups in total. The van der Waals surface area contributed by atoms with E-state index >= 15 is 0 Å². The molecule has 0 spiro atoms. The number of nitrogens with one attached hydrogen (secondary N) is 1. The first-order chi connectivity index (χ1) is 9.72. The van der Waals surface area contributed by atoms with Crippen LogP contribution in [0.2, 0.25) is 0 Å². The third-order valence-electron chi connectivity index (χ3n) is 3.32. The van der Waals surface area contributed by atoms with Crippen LogP contribution in [-0.4, -0.2) is 11.5 Å². The van der Waals surface area contributed by atoms with E-state index in [0.717, 1.165) is 32.4 Å². The molecule has 20 heavy (non-hydrogen) atoms. The molecule has 0 amide bonds. The lowest BCUT2D eigenvalue weighted by Crippen LogP contribution is -2.11. The molecule has 0 bridgehead atoms. The van der Waals surface area contributed by atoms with E-state index in [9.17, 15) is 0 Å². The van der Waals surface area contributed by atoms with Gasteiger partial charge in [0.25, 0.3) is 0 Å². The van der Waals surface area contributed by atoms with Crippen LogP contribution in [0, 0.1) is 6.92 Å². The van der Waals surface area contributed by atoms with Crippen LogP contribution in [0.1, 0.15) is 47.0 Å². The third kappa shape index (κ3) is 4.15. The van der Waals surface area contributed by atoms with Crippen LogP contribution in [0.3, 0.4) is 0 Å². The summed E-state index contributed by atoms with van der Waals surface area (Å²) in [4.78, 5) is 6.26. The number of benzene rings is 1. The quantitative estimate of drug-likeness (QED) is 0.829. The predicted octanol–water partition coefficient (Wildman–Crippen LogP) is 4.10. The topological polar surface area (TPSA) is 24.9 Å². The summed E-state index contributed by atoms with van der Waals surface area (Å²) in [6.45, 7) is 8.46. The smallest absolute Gasteiger partial charge is 0.0975 e. The zero-order valence-corrected chi connectivity index (χ0v) is 13.5. The number of thiazole rings is 1. The molecule has 0 radical (unpaired) electrons. The van der Waals surface area contributed by atoms with Crippen molar-refractivity contribution in [3.8, 4) is 0 Å². The minimum absolute atomic E-state index is 0.952. The summed E-state index contributed by atoms with van der Waals surface area (Å²) in [5, 5.41) is 4.66. The Kier molecular flexibility index (Phi) is 5.74. The summed E-state index contributed by atoms with van der Waals surface area (Å²) in [5.41, 5.74) is 3.95. The van der Waals surface area contributed by atoms with Crippen LogP contribution >= 0.6 is 11.3 Å². The Morgan fingerprint density at radius 2 is 1.90 bits per heavy atom. The van der Waals surface area contributed by atoms with Gasteiger partial charge in [-0.3, -0.25) is 0 Å². The number of aryl methyl sites for hydroxylation is 2. The molecule has 0 aliphatic heterocycles. The number of aromatic nitrogens is 1. The lowest BCUT2D eigenvalue weighted by atomic mass is 10.1. The molecule has 0 unspecified atom stereocenters. The zero-order chi connectivity index (χ0) is 14.4. The molecule has 0 aliphatic rings. The third-order valence-corrected chi connectivity index (χ3v) is 4.42. The van der Waals surface area contributed by atoms with Gasteiger partial charge in [-0.15, -0.1) is 11.3 Å². The van der Waals surface area contributed by atoms with Gasteiger partial charge in [0.15, 0.2) is 0 Å². The second kappa shape index (κ2) is 7.55. The van der Waals surface area contributed by atoms with Crippen LogP contribution in [0.5, 0.6) is 0 Å². The maximum absolute atomic E-state index is 4.85. The largest absolute Gasteiger partial charge is 0.312 e. The van der Waals surface area contributed by atoms with Crippen molar-refractivity contribution in [2.24, 2.45) is 0 Å². The SMILES string of the molecule is CCCc1nc(Cc2ccc(C)cc2)sc1CNCC. The Morgan fingerprint density at radius 3 is 2.55 bits per heavy atom. The van der Waals surface area contributed by atoms with Crippen molar-refractivity contribution in [2.75, 3.05) is 6.54 Å². The van der Waals surface area contributed by atoms with Crippen molar-refractivity contribution >= 4 is 11.3 Å².